The summed E-state index contributed by atoms with van der Waals surface area (Å²) < 4.78 is 25.9. The summed E-state index contributed by atoms with van der Waals surface area (Å²) in [4.78, 5) is 13.3. The number of hydrogen-bond donors (Lipinski definition) is 3. The van der Waals surface area contributed by atoms with E-state index in [1.807, 2.05) is 0 Å². The third-order valence-corrected chi connectivity index (χ3v) is 2.36. The lowest BCUT2D eigenvalue weighted by Crippen LogP contribution is -2.20. The van der Waals surface area contributed by atoms with Gasteiger partial charge in [-0.15, -0.1) is 0 Å². The number of halogens is 2. The van der Waals surface area contributed by atoms with Crippen molar-refractivity contribution in [1.29, 1.82) is 0 Å². The van der Waals surface area contributed by atoms with Gasteiger partial charge in [0, 0.05) is 28.7 Å². The van der Waals surface area contributed by atoms with Crippen LogP contribution >= 0.6 is 0 Å². The number of H-pyrrole nitrogens is 1. The van der Waals surface area contributed by atoms with Crippen LogP contribution in [-0.2, 0) is 4.79 Å². The van der Waals surface area contributed by atoms with E-state index in [4.69, 9.17) is 10.8 Å². The Labute approximate surface area is 88.7 Å². The molecule has 1 unspecified atom stereocenters. The molecule has 0 aliphatic carbocycles. The van der Waals surface area contributed by atoms with E-state index in [1.54, 1.807) is 0 Å². The number of carboxylic acids is 1. The highest BCUT2D eigenvalue weighted by atomic mass is 19.2. The number of carbonyl (C=O) groups is 1. The molecule has 16 heavy (non-hydrogen) atoms. The van der Waals surface area contributed by atoms with Crippen molar-refractivity contribution < 1.29 is 18.7 Å². The van der Waals surface area contributed by atoms with Gasteiger partial charge in [-0.25, -0.2) is 8.78 Å². The summed E-state index contributed by atoms with van der Waals surface area (Å²) in [7, 11) is 0. The molecule has 84 valence electrons. The van der Waals surface area contributed by atoms with E-state index in [2.05, 4.69) is 4.98 Å². The fourth-order valence-electron chi connectivity index (χ4n) is 1.53. The van der Waals surface area contributed by atoms with Gasteiger partial charge >= 0.3 is 5.97 Å². The van der Waals surface area contributed by atoms with Crippen molar-refractivity contribution in [1.82, 2.24) is 4.98 Å². The first-order valence-electron chi connectivity index (χ1n) is 4.45. The van der Waals surface area contributed by atoms with Crippen molar-refractivity contribution in [3.63, 3.8) is 0 Å². The predicted molar refractivity (Wildman–Crippen MR) is 52.8 cm³/mol. The highest BCUT2D eigenvalue weighted by Crippen LogP contribution is 2.25. The summed E-state index contributed by atoms with van der Waals surface area (Å²) in [6.45, 7) is 0. The zero-order valence-corrected chi connectivity index (χ0v) is 8.00. The first-order chi connectivity index (χ1) is 7.50. The molecule has 0 aliphatic heterocycles. The van der Waals surface area contributed by atoms with E-state index in [1.165, 1.54) is 6.20 Å². The van der Waals surface area contributed by atoms with Crippen LogP contribution in [0.15, 0.2) is 18.3 Å². The molecule has 0 aliphatic rings. The van der Waals surface area contributed by atoms with Crippen molar-refractivity contribution in [3.8, 4) is 0 Å². The number of aliphatic carboxylic acids is 1. The standard InChI is InChI=1S/C10H8F2N2O2/c11-6-1-4-5(9(13)10(15)16)3-14-8(4)2-7(6)12/h1-3,9,14H,13H2,(H,15,16). The van der Waals surface area contributed by atoms with Gasteiger partial charge in [0.25, 0.3) is 0 Å². The van der Waals surface area contributed by atoms with E-state index >= 15 is 0 Å². The van der Waals surface area contributed by atoms with E-state index in [0.29, 0.717) is 5.52 Å². The number of nitrogens with two attached hydrogens (primary N) is 1. The monoisotopic (exact) mass is 226 g/mol. The van der Waals surface area contributed by atoms with Crippen LogP contribution in [0.1, 0.15) is 11.6 Å². The topological polar surface area (TPSA) is 79.1 Å². The number of aromatic amines is 1. The summed E-state index contributed by atoms with van der Waals surface area (Å²) >= 11 is 0. The highest BCUT2D eigenvalue weighted by Gasteiger charge is 2.19. The molecule has 4 nitrogen and oxygen atoms in total. The smallest absolute Gasteiger partial charge is 0.325 e. The van der Waals surface area contributed by atoms with Gasteiger partial charge in [-0.2, -0.15) is 0 Å². The molecule has 0 saturated heterocycles. The second-order valence-corrected chi connectivity index (χ2v) is 3.37. The average molecular weight is 226 g/mol. The van der Waals surface area contributed by atoms with Crippen molar-refractivity contribution >= 4 is 16.9 Å². The van der Waals surface area contributed by atoms with Gasteiger partial charge in [0.05, 0.1) is 0 Å². The Balaban J connectivity index is 2.65. The first-order valence-corrected chi connectivity index (χ1v) is 4.45. The zero-order valence-electron chi connectivity index (χ0n) is 8.00. The minimum atomic E-state index is -1.27. The molecular weight excluding hydrogens is 218 g/mol. The molecule has 6 heteroatoms. The number of benzene rings is 1. The lowest BCUT2D eigenvalue weighted by atomic mass is 10.1. The van der Waals surface area contributed by atoms with Gasteiger partial charge in [0.1, 0.15) is 6.04 Å². The normalized spacial score (nSPS) is 12.9. The van der Waals surface area contributed by atoms with E-state index in [-0.39, 0.29) is 10.9 Å². The van der Waals surface area contributed by atoms with Crippen LogP contribution in [0.25, 0.3) is 10.9 Å². The number of carboxylic acid groups (broad SMARTS) is 1. The minimum Gasteiger partial charge on any atom is -0.480 e. The van der Waals surface area contributed by atoms with E-state index in [0.717, 1.165) is 12.1 Å². The second kappa shape index (κ2) is 3.57. The predicted octanol–water partition coefficient (Wildman–Crippen LogP) is 1.53. The van der Waals surface area contributed by atoms with E-state index < -0.39 is 23.6 Å². The lowest BCUT2D eigenvalue weighted by molar-refractivity contribution is -0.138. The molecule has 2 aromatic rings. The Morgan fingerprint density at radius 1 is 1.38 bits per heavy atom. The molecule has 2 rings (SSSR count). The molecule has 0 fully saturated rings. The molecule has 1 atom stereocenters. The Morgan fingerprint density at radius 2 is 2.00 bits per heavy atom. The quantitative estimate of drug-likeness (QED) is 0.726. The van der Waals surface area contributed by atoms with Crippen LogP contribution in [0.3, 0.4) is 0 Å². The van der Waals surface area contributed by atoms with Gasteiger partial charge in [0.2, 0.25) is 0 Å². The van der Waals surface area contributed by atoms with Crippen LogP contribution < -0.4 is 5.73 Å². The molecule has 0 bridgehead atoms. The second-order valence-electron chi connectivity index (χ2n) is 3.37. The molecule has 1 aromatic carbocycles. The van der Waals surface area contributed by atoms with Gasteiger partial charge in [0.15, 0.2) is 11.6 Å². The van der Waals surface area contributed by atoms with Gasteiger partial charge < -0.3 is 15.8 Å². The molecule has 0 radical (unpaired) electrons. The van der Waals surface area contributed by atoms with Crippen LogP contribution in [0, 0.1) is 11.6 Å². The Bertz CT molecular complexity index is 565. The maximum Gasteiger partial charge on any atom is 0.325 e. The van der Waals surface area contributed by atoms with Crippen LogP contribution in [0.5, 0.6) is 0 Å². The van der Waals surface area contributed by atoms with Gasteiger partial charge in [-0.05, 0) is 6.07 Å². The Hall–Kier alpha value is -1.95. The maximum atomic E-state index is 13.0. The van der Waals surface area contributed by atoms with Crippen molar-refractivity contribution in [2.45, 2.75) is 6.04 Å². The highest BCUT2D eigenvalue weighted by molar-refractivity contribution is 5.89. The zero-order chi connectivity index (χ0) is 11.9. The fourth-order valence-corrected chi connectivity index (χ4v) is 1.53. The summed E-state index contributed by atoms with van der Waals surface area (Å²) in [5.74, 6) is -3.26. The molecule has 4 N–H and O–H groups in total. The number of rotatable bonds is 2. The van der Waals surface area contributed by atoms with E-state index in [9.17, 15) is 13.6 Å². The average Bonchev–Trinajstić information content (AvgIpc) is 2.60. The molecule has 1 heterocycles. The summed E-state index contributed by atoms with van der Waals surface area (Å²) in [5, 5.41) is 9.00. The molecule has 0 spiro atoms. The number of hydrogen-bond acceptors (Lipinski definition) is 2. The molecule has 1 aromatic heterocycles. The third kappa shape index (κ3) is 1.53. The maximum absolute atomic E-state index is 13.0. The Morgan fingerprint density at radius 3 is 2.62 bits per heavy atom. The van der Waals surface area contributed by atoms with Crippen LogP contribution in [-0.4, -0.2) is 16.1 Å². The lowest BCUT2D eigenvalue weighted by Gasteiger charge is -2.04. The summed E-state index contributed by atoms with van der Waals surface area (Å²) in [5.41, 5.74) is 5.93. The fraction of sp³-hybridized carbons (Fsp3) is 0.100. The number of aromatic nitrogens is 1. The SMILES string of the molecule is NC(C(=O)O)c1c[nH]c2cc(F)c(F)cc12. The number of fused-ring (bicyclic) bond motifs is 1. The summed E-state index contributed by atoms with van der Waals surface area (Å²) in [6.07, 6.45) is 1.34. The first kappa shape index (κ1) is 10.6. The molecular formula is C10H8F2N2O2. The largest absolute Gasteiger partial charge is 0.480 e. The minimum absolute atomic E-state index is 0.224. The van der Waals surface area contributed by atoms with Crippen molar-refractivity contribution in [2.75, 3.05) is 0 Å². The van der Waals surface area contributed by atoms with Gasteiger partial charge in [-0.3, -0.25) is 4.79 Å². The van der Waals surface area contributed by atoms with Gasteiger partial charge in [-0.1, -0.05) is 0 Å². The van der Waals surface area contributed by atoms with Crippen molar-refractivity contribution in [3.05, 3.63) is 35.5 Å². The van der Waals surface area contributed by atoms with Crippen LogP contribution in [0.4, 0.5) is 8.78 Å². The Kier molecular flexibility index (Phi) is 2.35. The summed E-state index contributed by atoms with van der Waals surface area (Å²) in [6, 6.07) is 0.626. The van der Waals surface area contributed by atoms with Crippen molar-refractivity contribution in [2.24, 2.45) is 5.73 Å². The molecule has 0 amide bonds. The molecule has 0 saturated carbocycles. The van der Waals surface area contributed by atoms with Crippen LogP contribution in [0.2, 0.25) is 0 Å². The third-order valence-electron chi connectivity index (χ3n) is 2.36. The number of nitrogens with one attached hydrogen (secondary N) is 1.